The van der Waals surface area contributed by atoms with Crippen LogP contribution in [-0.4, -0.2) is 24.7 Å². The molecule has 2 aliphatic rings. The highest BCUT2D eigenvalue weighted by Gasteiger charge is 2.41. The van der Waals surface area contributed by atoms with Crippen LogP contribution >= 0.6 is 0 Å². The average molecular weight is 225 g/mol. The van der Waals surface area contributed by atoms with Crippen LogP contribution in [0.3, 0.4) is 0 Å². The Labute approximate surface area is 96.9 Å². The van der Waals surface area contributed by atoms with E-state index in [1.807, 2.05) is 0 Å². The van der Waals surface area contributed by atoms with Gasteiger partial charge in [-0.15, -0.1) is 0 Å². The largest absolute Gasteiger partial charge is 0.785 e. The lowest BCUT2D eigenvalue weighted by Gasteiger charge is -2.35. The minimum Gasteiger partial charge on any atom is -0.785 e. The summed E-state index contributed by atoms with van der Waals surface area (Å²) in [6.07, 6.45) is 4.35. The molecule has 4 nitrogen and oxygen atoms in total. The fraction of sp³-hybridized carbons (Fsp3) is 1.00. The molecule has 0 aliphatic heterocycles. The molecule has 4 heteroatoms. The van der Waals surface area contributed by atoms with Crippen molar-refractivity contribution >= 4 is 0 Å². The van der Waals surface area contributed by atoms with E-state index < -0.39 is 0 Å². The normalized spacial score (nSPS) is 43.4. The summed E-state index contributed by atoms with van der Waals surface area (Å²) in [5.41, 5.74) is 0. The molecule has 2 fully saturated rings. The van der Waals surface area contributed by atoms with Gasteiger partial charge in [0.15, 0.2) is 0 Å². The van der Waals surface area contributed by atoms with Crippen LogP contribution in [0, 0.1) is 33.8 Å². The first-order valence-corrected chi connectivity index (χ1v) is 6.31. The SMILES string of the molecule is CC1CC2CC(N(C)[O-])CC2CC1CN=O. The van der Waals surface area contributed by atoms with Gasteiger partial charge in [-0.2, -0.15) is 4.91 Å². The number of rotatable bonds is 3. The zero-order valence-corrected chi connectivity index (χ0v) is 10.1. The van der Waals surface area contributed by atoms with Gasteiger partial charge in [0.2, 0.25) is 0 Å². The summed E-state index contributed by atoms with van der Waals surface area (Å²) >= 11 is 0. The van der Waals surface area contributed by atoms with Crippen LogP contribution in [-0.2, 0) is 0 Å². The molecule has 0 heterocycles. The molecule has 5 atom stereocenters. The van der Waals surface area contributed by atoms with Crippen molar-refractivity contribution in [2.45, 2.75) is 38.6 Å². The third kappa shape index (κ3) is 2.28. The first-order chi connectivity index (χ1) is 7.61. The Bertz CT molecular complexity index is 257. The van der Waals surface area contributed by atoms with Crippen LogP contribution in [0.5, 0.6) is 0 Å². The minimum atomic E-state index is 0.213. The van der Waals surface area contributed by atoms with Gasteiger partial charge in [-0.1, -0.05) is 12.1 Å². The van der Waals surface area contributed by atoms with Crippen molar-refractivity contribution < 1.29 is 0 Å². The molecule has 2 aliphatic carbocycles. The maximum absolute atomic E-state index is 11.3. The Morgan fingerprint density at radius 1 is 1.25 bits per heavy atom. The predicted octanol–water partition coefficient (Wildman–Crippen LogP) is 2.62. The Morgan fingerprint density at radius 3 is 2.44 bits per heavy atom. The molecule has 0 aromatic rings. The summed E-state index contributed by atoms with van der Waals surface area (Å²) in [6.45, 7) is 2.68. The van der Waals surface area contributed by atoms with Crippen LogP contribution < -0.4 is 0 Å². The maximum Gasteiger partial charge on any atom is 0.0841 e. The second-order valence-electron chi connectivity index (χ2n) is 5.71. The molecule has 0 spiro atoms. The molecular weight excluding hydrogens is 204 g/mol. The first-order valence-electron chi connectivity index (χ1n) is 6.31. The molecule has 0 N–H and O–H groups in total. The van der Waals surface area contributed by atoms with Gasteiger partial charge in [0, 0.05) is 0 Å². The van der Waals surface area contributed by atoms with Crippen molar-refractivity contribution in [1.29, 1.82) is 0 Å². The summed E-state index contributed by atoms with van der Waals surface area (Å²) < 4.78 is 0. The van der Waals surface area contributed by atoms with Crippen molar-refractivity contribution in [2.75, 3.05) is 13.6 Å². The zero-order chi connectivity index (χ0) is 11.7. The molecule has 0 bridgehead atoms. The second kappa shape index (κ2) is 4.80. The smallest absolute Gasteiger partial charge is 0.0841 e. The quantitative estimate of drug-likeness (QED) is 0.548. The second-order valence-corrected chi connectivity index (χ2v) is 5.71. The monoisotopic (exact) mass is 225 g/mol. The molecule has 16 heavy (non-hydrogen) atoms. The van der Waals surface area contributed by atoms with E-state index in [9.17, 15) is 10.1 Å². The number of hydrogen-bond donors (Lipinski definition) is 0. The Morgan fingerprint density at radius 2 is 1.88 bits per heavy atom. The topological polar surface area (TPSA) is 55.7 Å². The van der Waals surface area contributed by atoms with Gasteiger partial charge in [-0.05, 0) is 62.4 Å². The Balaban J connectivity index is 1.96. The summed E-state index contributed by atoms with van der Waals surface area (Å²) in [6, 6.07) is 0.213. The van der Waals surface area contributed by atoms with Gasteiger partial charge >= 0.3 is 0 Å². The van der Waals surface area contributed by atoms with Gasteiger partial charge in [0.05, 0.1) is 6.54 Å². The standard InChI is InChI=1S/C12H21N2O2/c1-8-3-9-5-12(14(2)16)6-10(9)4-11(8)7-13-15/h8-12H,3-7H2,1-2H3/q-1. The number of hydrogen-bond acceptors (Lipinski definition) is 4. The highest BCUT2D eigenvalue weighted by atomic mass is 16.5. The van der Waals surface area contributed by atoms with Crippen molar-refractivity contribution in [3.05, 3.63) is 10.1 Å². The van der Waals surface area contributed by atoms with Crippen LogP contribution in [0.2, 0.25) is 0 Å². The fourth-order valence-electron chi connectivity index (χ4n) is 3.70. The summed E-state index contributed by atoms with van der Waals surface area (Å²) in [5.74, 6) is 2.41. The zero-order valence-electron chi connectivity index (χ0n) is 10.1. The van der Waals surface area contributed by atoms with Crippen molar-refractivity contribution in [1.82, 2.24) is 5.06 Å². The molecule has 0 aromatic heterocycles. The molecule has 0 radical (unpaired) electrons. The van der Waals surface area contributed by atoms with Crippen LogP contribution in [0.15, 0.2) is 5.18 Å². The average Bonchev–Trinajstić information content (AvgIpc) is 2.61. The predicted molar refractivity (Wildman–Crippen MR) is 63.7 cm³/mol. The molecule has 2 rings (SSSR count). The fourth-order valence-corrected chi connectivity index (χ4v) is 3.70. The van der Waals surface area contributed by atoms with Crippen molar-refractivity contribution in [3.63, 3.8) is 0 Å². The summed E-state index contributed by atoms with van der Waals surface area (Å²) in [7, 11) is 1.63. The minimum absolute atomic E-state index is 0.213. The molecule has 0 saturated heterocycles. The number of nitroso groups, excluding NO2 is 1. The van der Waals surface area contributed by atoms with Gasteiger partial charge in [-0.3, -0.25) is 0 Å². The van der Waals surface area contributed by atoms with Crippen LogP contribution in [0.1, 0.15) is 32.6 Å². The van der Waals surface area contributed by atoms with Crippen LogP contribution in [0.25, 0.3) is 0 Å². The van der Waals surface area contributed by atoms with Crippen LogP contribution in [0.4, 0.5) is 0 Å². The first kappa shape index (κ1) is 12.0. The summed E-state index contributed by atoms with van der Waals surface area (Å²) in [4.78, 5) is 10.4. The van der Waals surface area contributed by atoms with Crippen molar-refractivity contribution in [2.24, 2.45) is 28.8 Å². The molecule has 2 saturated carbocycles. The lowest BCUT2D eigenvalue weighted by Crippen LogP contribution is -2.29. The highest BCUT2D eigenvalue weighted by molar-refractivity contribution is 4.94. The molecule has 0 amide bonds. The van der Waals surface area contributed by atoms with E-state index in [0.29, 0.717) is 30.2 Å². The van der Waals surface area contributed by atoms with Gasteiger partial charge in [-0.25, -0.2) is 0 Å². The lowest BCUT2D eigenvalue weighted by molar-refractivity contribution is 0.149. The van der Waals surface area contributed by atoms with E-state index in [4.69, 9.17) is 0 Å². The van der Waals surface area contributed by atoms with Gasteiger partial charge in [0.1, 0.15) is 0 Å². The molecule has 92 valence electrons. The number of hydroxylamine groups is 2. The maximum atomic E-state index is 11.3. The summed E-state index contributed by atoms with van der Waals surface area (Å²) in [5, 5.41) is 15.5. The molecular formula is C12H21N2O2-. The van der Waals surface area contributed by atoms with Crippen molar-refractivity contribution in [3.8, 4) is 0 Å². The lowest BCUT2D eigenvalue weighted by atomic mass is 9.70. The van der Waals surface area contributed by atoms with E-state index in [1.165, 1.54) is 6.42 Å². The molecule has 5 unspecified atom stereocenters. The van der Waals surface area contributed by atoms with Gasteiger partial charge in [0.25, 0.3) is 0 Å². The van der Waals surface area contributed by atoms with Gasteiger partial charge < -0.3 is 10.3 Å². The molecule has 0 aromatic carbocycles. The highest BCUT2D eigenvalue weighted by Crippen LogP contribution is 2.47. The van der Waals surface area contributed by atoms with E-state index in [0.717, 1.165) is 24.3 Å². The Kier molecular flexibility index (Phi) is 3.60. The van der Waals surface area contributed by atoms with E-state index in [-0.39, 0.29) is 6.04 Å². The Hall–Kier alpha value is -0.480. The third-order valence-electron chi connectivity index (χ3n) is 4.72. The number of nitrogens with zero attached hydrogens (tertiary/aromatic N) is 2. The van der Waals surface area contributed by atoms with E-state index in [1.54, 1.807) is 7.05 Å². The van der Waals surface area contributed by atoms with E-state index in [2.05, 4.69) is 12.1 Å². The third-order valence-corrected chi connectivity index (χ3v) is 4.72. The van der Waals surface area contributed by atoms with E-state index >= 15 is 0 Å². The number of fused-ring (bicyclic) bond motifs is 1.